The van der Waals surface area contributed by atoms with Gasteiger partial charge in [0.1, 0.15) is 5.75 Å². The molecule has 0 radical (unpaired) electrons. The van der Waals surface area contributed by atoms with Crippen LogP contribution >= 0.6 is 0 Å². The van der Waals surface area contributed by atoms with Gasteiger partial charge in [-0.25, -0.2) is 0 Å². The van der Waals surface area contributed by atoms with E-state index < -0.39 is 5.60 Å². The first-order valence-electron chi connectivity index (χ1n) is 6.08. The molecule has 1 aliphatic rings. The maximum Gasteiger partial charge on any atom is 0.268 e. The molecule has 3 nitrogen and oxygen atoms in total. The number of carbonyl (C=O) groups is 1. The zero-order valence-electron chi connectivity index (χ0n) is 10.8. The molecular formula is C14H19NO2. The fourth-order valence-electron chi connectivity index (χ4n) is 1.86. The van der Waals surface area contributed by atoms with E-state index in [1.807, 2.05) is 12.1 Å². The van der Waals surface area contributed by atoms with Gasteiger partial charge in [0.05, 0.1) is 5.69 Å². The van der Waals surface area contributed by atoms with Crippen LogP contribution in [0.4, 0.5) is 5.69 Å². The molecule has 1 aromatic rings. The number of hydrogen-bond donors (Lipinski definition) is 1. The van der Waals surface area contributed by atoms with Gasteiger partial charge in [-0.2, -0.15) is 0 Å². The van der Waals surface area contributed by atoms with Gasteiger partial charge < -0.3 is 10.1 Å². The molecule has 0 bridgehead atoms. The van der Waals surface area contributed by atoms with Crippen LogP contribution in [-0.4, -0.2) is 11.5 Å². The molecule has 0 saturated heterocycles. The summed E-state index contributed by atoms with van der Waals surface area (Å²) in [5.41, 5.74) is 1.22. The summed E-state index contributed by atoms with van der Waals surface area (Å²) in [7, 11) is 0. The van der Waals surface area contributed by atoms with E-state index in [9.17, 15) is 4.79 Å². The smallest absolute Gasteiger partial charge is 0.268 e. The van der Waals surface area contributed by atoms with Gasteiger partial charge in [0.25, 0.3) is 5.91 Å². The number of carbonyl (C=O) groups excluding carboxylic acids is 1. The Labute approximate surface area is 102 Å². The average molecular weight is 233 g/mol. The van der Waals surface area contributed by atoms with Gasteiger partial charge in [-0.1, -0.05) is 19.9 Å². The van der Waals surface area contributed by atoms with Crippen molar-refractivity contribution < 1.29 is 9.53 Å². The molecule has 1 atom stereocenters. The SMILES string of the molecule is CCC(C)c1ccc2c(c1)OC(C)(C)C(=O)N2. The van der Waals surface area contributed by atoms with E-state index in [1.165, 1.54) is 5.56 Å². The van der Waals surface area contributed by atoms with Crippen molar-refractivity contribution in [1.82, 2.24) is 0 Å². The van der Waals surface area contributed by atoms with Crippen LogP contribution in [0.15, 0.2) is 18.2 Å². The highest BCUT2D eigenvalue weighted by atomic mass is 16.5. The molecule has 2 rings (SSSR count). The molecule has 92 valence electrons. The molecule has 3 heteroatoms. The second kappa shape index (κ2) is 4.06. The van der Waals surface area contributed by atoms with Gasteiger partial charge >= 0.3 is 0 Å². The molecule has 1 N–H and O–H groups in total. The van der Waals surface area contributed by atoms with Gasteiger partial charge in [0.2, 0.25) is 0 Å². The second-order valence-electron chi connectivity index (χ2n) is 5.13. The minimum Gasteiger partial charge on any atom is -0.476 e. The molecule has 0 spiro atoms. The van der Waals surface area contributed by atoms with Crippen molar-refractivity contribution >= 4 is 11.6 Å². The Bertz CT molecular complexity index is 452. The number of rotatable bonds is 2. The molecule has 0 fully saturated rings. The number of nitrogens with one attached hydrogen (secondary N) is 1. The molecular weight excluding hydrogens is 214 g/mol. The fraction of sp³-hybridized carbons (Fsp3) is 0.500. The number of anilines is 1. The van der Waals surface area contributed by atoms with Crippen LogP contribution in [0.3, 0.4) is 0 Å². The first-order valence-corrected chi connectivity index (χ1v) is 6.08. The highest BCUT2D eigenvalue weighted by molar-refractivity contribution is 6.00. The van der Waals surface area contributed by atoms with Gasteiger partial charge in [-0.05, 0) is 43.9 Å². The van der Waals surface area contributed by atoms with Crippen molar-refractivity contribution in [3.05, 3.63) is 23.8 Å². The van der Waals surface area contributed by atoms with Crippen LogP contribution in [0.25, 0.3) is 0 Å². The molecule has 0 aliphatic carbocycles. The predicted molar refractivity (Wildman–Crippen MR) is 68.5 cm³/mol. The zero-order valence-corrected chi connectivity index (χ0v) is 10.8. The van der Waals surface area contributed by atoms with Crippen LogP contribution < -0.4 is 10.1 Å². The van der Waals surface area contributed by atoms with E-state index in [1.54, 1.807) is 13.8 Å². The lowest BCUT2D eigenvalue weighted by Crippen LogP contribution is -2.45. The number of hydrogen-bond acceptors (Lipinski definition) is 2. The van der Waals surface area contributed by atoms with E-state index in [-0.39, 0.29) is 5.91 Å². The van der Waals surface area contributed by atoms with Crippen LogP contribution in [0.2, 0.25) is 0 Å². The Kier molecular flexibility index (Phi) is 2.86. The van der Waals surface area contributed by atoms with Crippen LogP contribution in [0.1, 0.15) is 45.6 Å². The van der Waals surface area contributed by atoms with Crippen LogP contribution in [-0.2, 0) is 4.79 Å². The molecule has 1 unspecified atom stereocenters. The standard InChI is InChI=1S/C14H19NO2/c1-5-9(2)10-6-7-11-12(8-10)17-14(3,4)13(16)15-11/h6-9H,5H2,1-4H3,(H,15,16). The minimum absolute atomic E-state index is 0.0960. The summed E-state index contributed by atoms with van der Waals surface area (Å²) in [4.78, 5) is 11.7. The van der Waals surface area contributed by atoms with E-state index in [2.05, 4.69) is 25.2 Å². The second-order valence-corrected chi connectivity index (χ2v) is 5.13. The summed E-state index contributed by atoms with van der Waals surface area (Å²) < 4.78 is 5.75. The summed E-state index contributed by atoms with van der Waals surface area (Å²) in [5.74, 6) is 1.18. The Morgan fingerprint density at radius 3 is 2.76 bits per heavy atom. The molecule has 1 amide bonds. The van der Waals surface area contributed by atoms with Crippen molar-refractivity contribution in [2.24, 2.45) is 0 Å². The predicted octanol–water partition coefficient (Wildman–Crippen LogP) is 3.31. The van der Waals surface area contributed by atoms with Gasteiger partial charge in [0.15, 0.2) is 5.60 Å². The lowest BCUT2D eigenvalue weighted by atomic mass is 9.97. The number of ether oxygens (including phenoxy) is 1. The molecule has 0 saturated carbocycles. The largest absolute Gasteiger partial charge is 0.476 e. The summed E-state index contributed by atoms with van der Waals surface area (Å²) in [5, 5.41) is 2.87. The van der Waals surface area contributed by atoms with Crippen molar-refractivity contribution in [2.75, 3.05) is 5.32 Å². The first kappa shape index (κ1) is 12.0. The van der Waals surface area contributed by atoms with Crippen LogP contribution in [0.5, 0.6) is 5.75 Å². The Balaban J connectivity index is 2.37. The zero-order chi connectivity index (χ0) is 12.6. The minimum atomic E-state index is -0.791. The fourth-order valence-corrected chi connectivity index (χ4v) is 1.86. The Morgan fingerprint density at radius 1 is 1.41 bits per heavy atom. The third kappa shape index (κ3) is 2.14. The summed E-state index contributed by atoms with van der Waals surface area (Å²) in [6.45, 7) is 7.91. The molecule has 1 heterocycles. The van der Waals surface area contributed by atoms with Crippen molar-refractivity contribution in [3.8, 4) is 5.75 Å². The molecule has 17 heavy (non-hydrogen) atoms. The van der Waals surface area contributed by atoms with E-state index in [0.717, 1.165) is 17.9 Å². The quantitative estimate of drug-likeness (QED) is 0.851. The molecule has 1 aliphatic heterocycles. The molecule has 0 aromatic heterocycles. The van der Waals surface area contributed by atoms with Crippen LogP contribution in [0, 0.1) is 0 Å². The Hall–Kier alpha value is -1.51. The van der Waals surface area contributed by atoms with E-state index in [4.69, 9.17) is 4.74 Å². The van der Waals surface area contributed by atoms with E-state index in [0.29, 0.717) is 5.92 Å². The van der Waals surface area contributed by atoms with Gasteiger partial charge in [-0.15, -0.1) is 0 Å². The first-order chi connectivity index (χ1) is 7.94. The Morgan fingerprint density at radius 2 is 2.12 bits per heavy atom. The third-order valence-electron chi connectivity index (χ3n) is 3.35. The van der Waals surface area contributed by atoms with Gasteiger partial charge in [-0.3, -0.25) is 4.79 Å². The molecule has 1 aromatic carbocycles. The lowest BCUT2D eigenvalue weighted by Gasteiger charge is -2.32. The van der Waals surface area contributed by atoms with E-state index >= 15 is 0 Å². The van der Waals surface area contributed by atoms with Gasteiger partial charge in [0, 0.05) is 0 Å². The lowest BCUT2D eigenvalue weighted by molar-refractivity contribution is -0.129. The monoisotopic (exact) mass is 233 g/mol. The topological polar surface area (TPSA) is 38.3 Å². The number of fused-ring (bicyclic) bond motifs is 1. The highest BCUT2D eigenvalue weighted by Gasteiger charge is 2.35. The highest BCUT2D eigenvalue weighted by Crippen LogP contribution is 2.36. The van der Waals surface area contributed by atoms with Crippen molar-refractivity contribution in [2.45, 2.75) is 45.6 Å². The summed E-state index contributed by atoms with van der Waals surface area (Å²) in [6.07, 6.45) is 1.09. The van der Waals surface area contributed by atoms with Crippen molar-refractivity contribution in [1.29, 1.82) is 0 Å². The summed E-state index contributed by atoms with van der Waals surface area (Å²) in [6, 6.07) is 6.00. The normalized spacial score (nSPS) is 18.9. The maximum atomic E-state index is 11.7. The van der Waals surface area contributed by atoms with Crippen molar-refractivity contribution in [3.63, 3.8) is 0 Å². The average Bonchev–Trinajstić information content (AvgIpc) is 2.28. The number of benzene rings is 1. The third-order valence-corrected chi connectivity index (χ3v) is 3.35. The maximum absolute atomic E-state index is 11.7. The summed E-state index contributed by atoms with van der Waals surface area (Å²) >= 11 is 0. The number of amides is 1.